The zero-order chi connectivity index (χ0) is 8.10. The van der Waals surface area contributed by atoms with Gasteiger partial charge in [0.25, 0.3) is 0 Å². The number of nitrogens with one attached hydrogen (secondary N) is 1. The lowest BCUT2D eigenvalue weighted by atomic mass is 10.0. The van der Waals surface area contributed by atoms with E-state index in [-0.39, 0.29) is 0 Å². The maximum Gasteiger partial charge on any atom is 0.00194 e. The van der Waals surface area contributed by atoms with Gasteiger partial charge in [-0.1, -0.05) is 13.8 Å². The van der Waals surface area contributed by atoms with E-state index < -0.39 is 0 Å². The molecule has 66 valence electrons. The number of hydrogen-bond donors (Lipinski definition) is 1. The molecule has 0 aromatic heterocycles. The van der Waals surface area contributed by atoms with Crippen LogP contribution in [-0.2, 0) is 0 Å². The minimum absolute atomic E-state index is 0.953. The summed E-state index contributed by atoms with van der Waals surface area (Å²) in [6.45, 7) is 10.7. The van der Waals surface area contributed by atoms with Crippen molar-refractivity contribution in [2.45, 2.75) is 20.3 Å². The van der Waals surface area contributed by atoms with Gasteiger partial charge in [-0.25, -0.2) is 0 Å². The van der Waals surface area contributed by atoms with Crippen molar-refractivity contribution in [2.75, 3.05) is 32.7 Å². The van der Waals surface area contributed by atoms with E-state index in [1.54, 1.807) is 0 Å². The third-order valence-electron chi connectivity index (χ3n) is 2.22. The fourth-order valence-electron chi connectivity index (χ4n) is 1.62. The third kappa shape index (κ3) is 3.21. The van der Waals surface area contributed by atoms with Crippen LogP contribution < -0.4 is 5.32 Å². The smallest absolute Gasteiger partial charge is 0.00194 e. The van der Waals surface area contributed by atoms with Crippen LogP contribution in [0.25, 0.3) is 0 Å². The van der Waals surface area contributed by atoms with Crippen molar-refractivity contribution in [1.82, 2.24) is 10.2 Å². The molecule has 0 radical (unpaired) electrons. The van der Waals surface area contributed by atoms with Crippen LogP contribution >= 0.6 is 0 Å². The topological polar surface area (TPSA) is 15.3 Å². The molecule has 0 amide bonds. The molecule has 2 nitrogen and oxygen atoms in total. The molecule has 0 spiro atoms. The first-order chi connectivity index (χ1) is 5.33. The largest absolute Gasteiger partial charge is 0.317 e. The van der Waals surface area contributed by atoms with Gasteiger partial charge in [-0.15, -0.1) is 0 Å². The predicted molar refractivity (Wildman–Crippen MR) is 48.8 cm³/mol. The number of nitrogens with zero attached hydrogens (tertiary/aromatic N) is 1. The number of likely N-dealkylation sites (tertiary alicyclic amines) is 1. The fourth-order valence-corrected chi connectivity index (χ4v) is 1.62. The molecular weight excluding hydrogens is 136 g/mol. The molecule has 0 aromatic carbocycles. The summed E-state index contributed by atoms with van der Waals surface area (Å²) in [5, 5.41) is 3.34. The maximum atomic E-state index is 3.34. The van der Waals surface area contributed by atoms with Crippen LogP contribution in [-0.4, -0.2) is 37.6 Å². The molecule has 0 aliphatic carbocycles. The lowest BCUT2D eigenvalue weighted by molar-refractivity contribution is 0.112. The van der Waals surface area contributed by atoms with Crippen LogP contribution in [0.1, 0.15) is 20.3 Å². The first kappa shape index (κ1) is 9.01. The Morgan fingerprint density at radius 3 is 2.73 bits per heavy atom. The monoisotopic (exact) mass is 156 g/mol. The predicted octanol–water partition coefficient (Wildman–Crippen LogP) is 0.938. The summed E-state index contributed by atoms with van der Waals surface area (Å²) < 4.78 is 0. The number of rotatable bonds is 5. The van der Waals surface area contributed by atoms with E-state index in [1.807, 2.05) is 0 Å². The molecule has 0 atom stereocenters. The maximum absolute atomic E-state index is 3.34. The quantitative estimate of drug-likeness (QED) is 0.596. The van der Waals surface area contributed by atoms with Crippen molar-refractivity contribution in [2.24, 2.45) is 5.92 Å². The zero-order valence-electron chi connectivity index (χ0n) is 7.77. The van der Waals surface area contributed by atoms with E-state index in [2.05, 4.69) is 24.1 Å². The second-order valence-electron chi connectivity index (χ2n) is 3.57. The fraction of sp³-hybridized carbons (Fsp3) is 1.00. The summed E-state index contributed by atoms with van der Waals surface area (Å²) in [6.07, 6.45) is 1.31. The van der Waals surface area contributed by atoms with Crippen LogP contribution in [0.15, 0.2) is 0 Å². The highest BCUT2D eigenvalue weighted by molar-refractivity contribution is 4.75. The van der Waals surface area contributed by atoms with Gasteiger partial charge >= 0.3 is 0 Å². The second kappa shape index (κ2) is 4.73. The molecule has 0 bridgehead atoms. The van der Waals surface area contributed by atoms with Crippen molar-refractivity contribution in [3.05, 3.63) is 0 Å². The molecule has 2 heteroatoms. The van der Waals surface area contributed by atoms with Crippen molar-refractivity contribution >= 4 is 0 Å². The van der Waals surface area contributed by atoms with Crippen molar-refractivity contribution < 1.29 is 0 Å². The molecule has 1 aliphatic heterocycles. The van der Waals surface area contributed by atoms with Gasteiger partial charge in [0, 0.05) is 13.1 Å². The Labute approximate surface area is 70.0 Å². The van der Waals surface area contributed by atoms with Gasteiger partial charge in [-0.3, -0.25) is 0 Å². The molecule has 11 heavy (non-hydrogen) atoms. The third-order valence-corrected chi connectivity index (χ3v) is 2.22. The van der Waals surface area contributed by atoms with Crippen LogP contribution in [0.2, 0.25) is 0 Å². The molecule has 1 N–H and O–H groups in total. The molecule has 1 rings (SSSR count). The molecule has 0 saturated carbocycles. The van der Waals surface area contributed by atoms with Gasteiger partial charge in [0.15, 0.2) is 0 Å². The van der Waals surface area contributed by atoms with E-state index in [4.69, 9.17) is 0 Å². The first-order valence-corrected chi connectivity index (χ1v) is 4.76. The summed E-state index contributed by atoms with van der Waals surface area (Å²) >= 11 is 0. The lowest BCUT2D eigenvalue weighted by Gasteiger charge is -2.37. The summed E-state index contributed by atoms with van der Waals surface area (Å²) in [5.74, 6) is 0.953. The minimum Gasteiger partial charge on any atom is -0.317 e. The highest BCUT2D eigenvalue weighted by Gasteiger charge is 2.20. The van der Waals surface area contributed by atoms with Crippen LogP contribution in [0.5, 0.6) is 0 Å². The van der Waals surface area contributed by atoms with Gasteiger partial charge in [-0.05, 0) is 32.0 Å². The Morgan fingerprint density at radius 2 is 2.18 bits per heavy atom. The Bertz CT molecular complexity index is 97.7. The first-order valence-electron chi connectivity index (χ1n) is 4.76. The van der Waals surface area contributed by atoms with Crippen LogP contribution in [0, 0.1) is 5.92 Å². The Hall–Kier alpha value is -0.0800. The average molecular weight is 156 g/mol. The van der Waals surface area contributed by atoms with Crippen molar-refractivity contribution in [3.63, 3.8) is 0 Å². The lowest BCUT2D eigenvalue weighted by Crippen LogP contribution is -2.45. The molecule has 1 fully saturated rings. The minimum atomic E-state index is 0.953. The van der Waals surface area contributed by atoms with Crippen LogP contribution in [0.4, 0.5) is 0 Å². The standard InChI is InChI=1S/C9H20N2/c1-3-10-5-4-6-11-7-9(2)8-11/h9-10H,3-8H2,1-2H3. The van der Waals surface area contributed by atoms with E-state index in [9.17, 15) is 0 Å². The molecule has 1 heterocycles. The van der Waals surface area contributed by atoms with Gasteiger partial charge in [-0.2, -0.15) is 0 Å². The van der Waals surface area contributed by atoms with Gasteiger partial charge in [0.2, 0.25) is 0 Å². The Morgan fingerprint density at radius 1 is 1.45 bits per heavy atom. The van der Waals surface area contributed by atoms with E-state index in [0.29, 0.717) is 0 Å². The highest BCUT2D eigenvalue weighted by atomic mass is 15.2. The molecule has 1 saturated heterocycles. The molecule has 1 aliphatic rings. The Kier molecular flexibility index (Phi) is 3.87. The summed E-state index contributed by atoms with van der Waals surface area (Å²) in [5.41, 5.74) is 0. The zero-order valence-corrected chi connectivity index (χ0v) is 7.77. The molecular formula is C9H20N2. The molecule has 0 unspecified atom stereocenters. The summed E-state index contributed by atoms with van der Waals surface area (Å²) in [7, 11) is 0. The van der Waals surface area contributed by atoms with Gasteiger partial charge in [0.05, 0.1) is 0 Å². The second-order valence-corrected chi connectivity index (χ2v) is 3.57. The van der Waals surface area contributed by atoms with E-state index in [0.717, 1.165) is 12.5 Å². The van der Waals surface area contributed by atoms with Crippen molar-refractivity contribution in [1.29, 1.82) is 0 Å². The normalized spacial score (nSPS) is 20.2. The van der Waals surface area contributed by atoms with Gasteiger partial charge in [0.1, 0.15) is 0 Å². The van der Waals surface area contributed by atoms with Gasteiger partial charge < -0.3 is 10.2 Å². The highest BCUT2D eigenvalue weighted by Crippen LogP contribution is 2.13. The van der Waals surface area contributed by atoms with Crippen molar-refractivity contribution in [3.8, 4) is 0 Å². The number of hydrogen-bond acceptors (Lipinski definition) is 2. The Balaban J connectivity index is 1.81. The average Bonchev–Trinajstić information content (AvgIpc) is 1.94. The summed E-state index contributed by atoms with van der Waals surface area (Å²) in [6, 6.07) is 0. The summed E-state index contributed by atoms with van der Waals surface area (Å²) in [4.78, 5) is 2.53. The van der Waals surface area contributed by atoms with Crippen LogP contribution in [0.3, 0.4) is 0 Å². The van der Waals surface area contributed by atoms with E-state index >= 15 is 0 Å². The van der Waals surface area contributed by atoms with E-state index in [1.165, 1.54) is 32.6 Å². The molecule has 0 aromatic rings. The SMILES string of the molecule is CCNCCCN1CC(C)C1.